The molecule has 0 radical (unpaired) electrons. The average molecular weight is 264 g/mol. The predicted octanol–water partition coefficient (Wildman–Crippen LogP) is 3.40. The van der Waals surface area contributed by atoms with Gasteiger partial charge in [-0.05, 0) is 51.6 Å². The zero-order valence-corrected chi connectivity index (χ0v) is 12.6. The first-order chi connectivity index (χ1) is 9.19. The first-order valence-corrected chi connectivity index (χ1v) is 7.70. The van der Waals surface area contributed by atoms with Crippen LogP contribution in [0.25, 0.3) is 0 Å². The molecule has 0 unspecified atom stereocenters. The van der Waals surface area contributed by atoms with E-state index in [1.54, 1.807) is 0 Å². The number of hydrogen-bond acceptors (Lipinski definition) is 3. The Morgan fingerprint density at radius 2 is 2.21 bits per heavy atom. The lowest BCUT2D eigenvalue weighted by Gasteiger charge is -2.25. The molecular formula is C16H28N2O. The molecule has 0 atom stereocenters. The second-order valence-electron chi connectivity index (χ2n) is 6.06. The molecule has 0 aromatic carbocycles. The Hall–Kier alpha value is -0.800. The second kappa shape index (κ2) is 7.11. The van der Waals surface area contributed by atoms with Crippen molar-refractivity contribution in [1.29, 1.82) is 0 Å². The van der Waals surface area contributed by atoms with E-state index in [0.29, 0.717) is 6.04 Å². The van der Waals surface area contributed by atoms with Crippen molar-refractivity contribution in [3.63, 3.8) is 0 Å². The molecule has 1 saturated carbocycles. The van der Waals surface area contributed by atoms with Gasteiger partial charge in [-0.2, -0.15) is 0 Å². The molecule has 3 heteroatoms. The van der Waals surface area contributed by atoms with E-state index < -0.39 is 0 Å². The van der Waals surface area contributed by atoms with Crippen LogP contribution >= 0.6 is 0 Å². The topological polar surface area (TPSA) is 28.4 Å². The van der Waals surface area contributed by atoms with Gasteiger partial charge in [-0.3, -0.25) is 4.90 Å². The summed E-state index contributed by atoms with van der Waals surface area (Å²) in [6.07, 6.45) is 5.89. The highest BCUT2D eigenvalue weighted by Crippen LogP contribution is 2.30. The Morgan fingerprint density at radius 1 is 1.42 bits per heavy atom. The van der Waals surface area contributed by atoms with Crippen molar-refractivity contribution in [3.05, 3.63) is 23.7 Å². The van der Waals surface area contributed by atoms with Crippen LogP contribution < -0.4 is 5.32 Å². The lowest BCUT2D eigenvalue weighted by atomic mass is 10.2. The maximum atomic E-state index is 5.70. The van der Waals surface area contributed by atoms with Gasteiger partial charge in [0.2, 0.25) is 0 Å². The predicted molar refractivity (Wildman–Crippen MR) is 79.0 cm³/mol. The lowest BCUT2D eigenvalue weighted by molar-refractivity contribution is 0.188. The number of hydrogen-bond donors (Lipinski definition) is 1. The van der Waals surface area contributed by atoms with Crippen LogP contribution in [0.3, 0.4) is 0 Å². The van der Waals surface area contributed by atoms with E-state index in [2.05, 4.69) is 37.1 Å². The van der Waals surface area contributed by atoms with Crippen LogP contribution in [0.1, 0.15) is 51.4 Å². The van der Waals surface area contributed by atoms with Crippen LogP contribution in [0.2, 0.25) is 0 Å². The van der Waals surface area contributed by atoms with Gasteiger partial charge in [0.25, 0.3) is 0 Å². The average Bonchev–Trinajstić information content (AvgIpc) is 3.08. The minimum Gasteiger partial charge on any atom is -0.468 e. The molecular weight excluding hydrogens is 236 g/mol. The van der Waals surface area contributed by atoms with Gasteiger partial charge in [-0.1, -0.05) is 6.92 Å². The van der Waals surface area contributed by atoms with E-state index in [1.165, 1.54) is 31.4 Å². The van der Waals surface area contributed by atoms with Crippen molar-refractivity contribution in [1.82, 2.24) is 10.2 Å². The summed E-state index contributed by atoms with van der Waals surface area (Å²) in [4.78, 5) is 2.53. The van der Waals surface area contributed by atoms with Crippen LogP contribution in [0.15, 0.2) is 16.7 Å². The van der Waals surface area contributed by atoms with E-state index >= 15 is 0 Å². The van der Waals surface area contributed by atoms with Crippen molar-refractivity contribution in [3.8, 4) is 0 Å². The highest BCUT2D eigenvalue weighted by Gasteiger charge is 2.25. The fourth-order valence-corrected chi connectivity index (χ4v) is 2.30. The van der Waals surface area contributed by atoms with Crippen molar-refractivity contribution in [2.45, 2.75) is 59.2 Å². The van der Waals surface area contributed by atoms with Crippen LogP contribution in [-0.4, -0.2) is 24.0 Å². The van der Waals surface area contributed by atoms with Crippen LogP contribution in [0.5, 0.6) is 0 Å². The van der Waals surface area contributed by atoms with E-state index in [-0.39, 0.29) is 0 Å². The summed E-state index contributed by atoms with van der Waals surface area (Å²) < 4.78 is 5.70. The lowest BCUT2D eigenvalue weighted by Crippen LogP contribution is -2.32. The van der Waals surface area contributed by atoms with Crippen LogP contribution in [0.4, 0.5) is 0 Å². The van der Waals surface area contributed by atoms with E-state index in [0.717, 1.165) is 31.3 Å². The molecule has 1 aromatic rings. The third-order valence-electron chi connectivity index (χ3n) is 3.74. The molecule has 0 bridgehead atoms. The normalized spacial score (nSPS) is 15.6. The molecule has 1 heterocycles. The molecule has 0 amide bonds. The highest BCUT2D eigenvalue weighted by atomic mass is 16.3. The summed E-state index contributed by atoms with van der Waals surface area (Å²) in [5.74, 6) is 2.03. The Balaban J connectivity index is 1.82. The van der Waals surface area contributed by atoms with Crippen molar-refractivity contribution < 1.29 is 4.42 Å². The number of furan rings is 1. The molecule has 0 aliphatic heterocycles. The maximum Gasteiger partial charge on any atom is 0.118 e. The number of rotatable bonds is 9. The Labute approximate surface area is 117 Å². The monoisotopic (exact) mass is 264 g/mol. The molecule has 108 valence electrons. The fraction of sp³-hybridized carbons (Fsp3) is 0.750. The van der Waals surface area contributed by atoms with Gasteiger partial charge in [0.15, 0.2) is 0 Å². The van der Waals surface area contributed by atoms with Gasteiger partial charge < -0.3 is 9.73 Å². The Morgan fingerprint density at radius 3 is 2.84 bits per heavy atom. The van der Waals surface area contributed by atoms with E-state index in [4.69, 9.17) is 4.42 Å². The molecule has 1 fully saturated rings. The SMILES string of the molecule is CCCNCc1coc(CN(CC2CC2)C(C)C)c1. The summed E-state index contributed by atoms with van der Waals surface area (Å²) in [6, 6.07) is 2.79. The minimum atomic E-state index is 0.590. The van der Waals surface area contributed by atoms with Gasteiger partial charge in [0, 0.05) is 24.7 Å². The van der Waals surface area contributed by atoms with E-state index in [1.807, 2.05) is 6.26 Å². The molecule has 1 aliphatic carbocycles. The molecule has 19 heavy (non-hydrogen) atoms. The van der Waals surface area contributed by atoms with Gasteiger partial charge in [0.1, 0.15) is 5.76 Å². The second-order valence-corrected chi connectivity index (χ2v) is 6.06. The van der Waals surface area contributed by atoms with Crippen molar-refractivity contribution in [2.75, 3.05) is 13.1 Å². The zero-order valence-electron chi connectivity index (χ0n) is 12.6. The smallest absolute Gasteiger partial charge is 0.118 e. The van der Waals surface area contributed by atoms with Gasteiger partial charge in [-0.15, -0.1) is 0 Å². The third-order valence-corrected chi connectivity index (χ3v) is 3.74. The van der Waals surface area contributed by atoms with E-state index in [9.17, 15) is 0 Å². The quantitative estimate of drug-likeness (QED) is 0.693. The van der Waals surface area contributed by atoms with Crippen molar-refractivity contribution >= 4 is 0 Å². The summed E-state index contributed by atoms with van der Waals surface area (Å²) in [5.41, 5.74) is 1.26. The molecule has 1 aliphatic rings. The molecule has 3 nitrogen and oxygen atoms in total. The highest BCUT2D eigenvalue weighted by molar-refractivity contribution is 5.12. The number of nitrogens with one attached hydrogen (secondary N) is 1. The minimum absolute atomic E-state index is 0.590. The maximum absolute atomic E-state index is 5.70. The zero-order chi connectivity index (χ0) is 13.7. The van der Waals surface area contributed by atoms with Gasteiger partial charge in [0.05, 0.1) is 12.8 Å². The molecule has 1 aromatic heterocycles. The van der Waals surface area contributed by atoms with Crippen LogP contribution in [0, 0.1) is 5.92 Å². The molecule has 2 rings (SSSR count). The third kappa shape index (κ3) is 5.00. The first-order valence-electron chi connectivity index (χ1n) is 7.70. The Kier molecular flexibility index (Phi) is 5.46. The fourth-order valence-electron chi connectivity index (χ4n) is 2.30. The summed E-state index contributed by atoms with van der Waals surface area (Å²) in [7, 11) is 0. The summed E-state index contributed by atoms with van der Waals surface area (Å²) >= 11 is 0. The summed E-state index contributed by atoms with van der Waals surface area (Å²) in [5, 5.41) is 3.41. The number of nitrogens with zero attached hydrogens (tertiary/aromatic N) is 1. The van der Waals surface area contributed by atoms with Gasteiger partial charge >= 0.3 is 0 Å². The molecule has 0 spiro atoms. The molecule has 1 N–H and O–H groups in total. The molecule has 0 saturated heterocycles. The standard InChI is InChI=1S/C16H28N2O/c1-4-7-17-9-15-8-16(19-12-15)11-18(13(2)3)10-14-5-6-14/h8,12-14,17H,4-7,9-11H2,1-3H3. The summed E-state index contributed by atoms with van der Waals surface area (Å²) in [6.45, 7) is 10.9. The largest absolute Gasteiger partial charge is 0.468 e. The van der Waals surface area contributed by atoms with Crippen molar-refractivity contribution in [2.24, 2.45) is 5.92 Å². The van der Waals surface area contributed by atoms with Gasteiger partial charge in [-0.25, -0.2) is 0 Å². The Bertz CT molecular complexity index is 369. The van der Waals surface area contributed by atoms with Crippen LogP contribution in [-0.2, 0) is 13.1 Å². The first kappa shape index (κ1) is 14.6.